The minimum Gasteiger partial charge on any atom is -0.550 e. The molecular weight excluding hydrogens is 558 g/mol. The van der Waals surface area contributed by atoms with Crippen molar-refractivity contribution >= 4 is 17.6 Å². The number of amides is 1. The van der Waals surface area contributed by atoms with Crippen LogP contribution in [0.5, 0.6) is 5.75 Å². The molecule has 0 saturated heterocycles. The molecule has 0 unspecified atom stereocenters. The Morgan fingerprint density at radius 2 is 1.37 bits per heavy atom. The lowest BCUT2D eigenvalue weighted by Crippen LogP contribution is -2.29. The molecule has 0 radical (unpaired) electrons. The van der Waals surface area contributed by atoms with Crippen LogP contribution in [0.1, 0.15) is 55.3 Å². The number of rotatable bonds is 12. The Morgan fingerprint density at radius 1 is 0.837 bits per heavy atom. The van der Waals surface area contributed by atoms with Crippen LogP contribution in [0.3, 0.4) is 0 Å². The van der Waals surface area contributed by atoms with Gasteiger partial charge in [0, 0.05) is 40.9 Å². The van der Waals surface area contributed by atoms with Crippen molar-refractivity contribution in [3.05, 3.63) is 95.8 Å². The molecule has 4 N–H and O–H groups in total. The molecule has 226 valence electrons. The van der Waals surface area contributed by atoms with Crippen molar-refractivity contribution in [1.29, 1.82) is 0 Å². The van der Waals surface area contributed by atoms with Crippen molar-refractivity contribution in [3.63, 3.8) is 0 Å². The molecule has 8 nitrogen and oxygen atoms in total. The number of carbonyl (C=O) groups is 2. The zero-order chi connectivity index (χ0) is 31.3. The summed E-state index contributed by atoms with van der Waals surface area (Å²) in [6.07, 6.45) is -2.87. The topological polar surface area (TPSA) is 135 Å². The van der Waals surface area contributed by atoms with Crippen molar-refractivity contribution in [2.24, 2.45) is 0 Å². The Kier molecular flexibility index (Phi) is 9.95. The molecule has 1 heterocycles. The van der Waals surface area contributed by atoms with E-state index in [1.807, 2.05) is 18.4 Å². The van der Waals surface area contributed by atoms with Gasteiger partial charge in [-0.15, -0.1) is 0 Å². The fourth-order valence-electron chi connectivity index (χ4n) is 5.25. The highest BCUT2D eigenvalue weighted by molar-refractivity contribution is 6.11. The average molecular weight is 592 g/mol. The lowest BCUT2D eigenvalue weighted by Gasteiger charge is -2.20. The number of phenolic OH excluding ortho intramolecular Hbond substituents is 1. The van der Waals surface area contributed by atoms with Crippen LogP contribution in [0.4, 0.5) is 14.5 Å². The average Bonchev–Trinajstić information content (AvgIpc) is 3.29. The summed E-state index contributed by atoms with van der Waals surface area (Å²) in [5.74, 6) is -2.82. The Morgan fingerprint density at radius 3 is 1.88 bits per heavy atom. The van der Waals surface area contributed by atoms with Gasteiger partial charge in [-0.3, -0.25) is 4.79 Å². The van der Waals surface area contributed by atoms with Crippen LogP contribution >= 0.6 is 0 Å². The fourth-order valence-corrected chi connectivity index (χ4v) is 5.25. The van der Waals surface area contributed by atoms with Crippen LogP contribution in [-0.4, -0.2) is 44.0 Å². The van der Waals surface area contributed by atoms with E-state index in [-0.39, 0.29) is 36.7 Å². The first-order chi connectivity index (χ1) is 20.4. The van der Waals surface area contributed by atoms with Gasteiger partial charge >= 0.3 is 0 Å². The molecular formula is C33H33F2N2O6-. The van der Waals surface area contributed by atoms with E-state index < -0.39 is 42.1 Å². The fraction of sp³-hybridized carbons (Fsp3) is 0.273. The molecule has 0 saturated carbocycles. The number of phenols is 1. The number of hydrogen-bond acceptors (Lipinski definition) is 6. The molecule has 0 bridgehead atoms. The Bertz CT molecular complexity index is 1570. The van der Waals surface area contributed by atoms with Crippen LogP contribution in [0.25, 0.3) is 22.3 Å². The molecule has 0 aliphatic rings. The zero-order valence-corrected chi connectivity index (χ0v) is 23.8. The molecule has 0 aliphatic carbocycles. The maximum absolute atomic E-state index is 14.1. The number of aromatic hydroxyl groups is 1. The number of nitrogens with zero attached hydrogens (tertiary/aromatic N) is 1. The maximum Gasteiger partial charge on any atom is 0.272 e. The van der Waals surface area contributed by atoms with Crippen LogP contribution in [0.15, 0.2) is 72.8 Å². The van der Waals surface area contributed by atoms with Crippen molar-refractivity contribution in [1.82, 2.24) is 4.57 Å². The lowest BCUT2D eigenvalue weighted by molar-refractivity contribution is -0.307. The highest BCUT2D eigenvalue weighted by Gasteiger charge is 2.30. The summed E-state index contributed by atoms with van der Waals surface area (Å²) in [5, 5.41) is 44.1. The van der Waals surface area contributed by atoms with Crippen LogP contribution in [0, 0.1) is 11.6 Å². The molecule has 3 aromatic carbocycles. The largest absolute Gasteiger partial charge is 0.550 e. The number of nitrogens with one attached hydrogen (secondary N) is 1. The van der Waals surface area contributed by atoms with Gasteiger partial charge < -0.3 is 35.1 Å². The van der Waals surface area contributed by atoms with Gasteiger partial charge in [-0.1, -0.05) is 24.3 Å². The minimum absolute atomic E-state index is 0.0275. The van der Waals surface area contributed by atoms with Gasteiger partial charge in [0.2, 0.25) is 0 Å². The van der Waals surface area contributed by atoms with Crippen LogP contribution < -0.4 is 10.4 Å². The van der Waals surface area contributed by atoms with E-state index in [1.165, 1.54) is 36.4 Å². The summed E-state index contributed by atoms with van der Waals surface area (Å²) in [4.78, 5) is 24.9. The van der Waals surface area contributed by atoms with Crippen LogP contribution in [-0.2, 0) is 11.2 Å². The third kappa shape index (κ3) is 7.65. The molecule has 1 aromatic heterocycles. The third-order valence-electron chi connectivity index (χ3n) is 7.09. The highest BCUT2D eigenvalue weighted by Crippen LogP contribution is 2.43. The summed E-state index contributed by atoms with van der Waals surface area (Å²) in [5.41, 5.74) is 3.46. The predicted molar refractivity (Wildman–Crippen MR) is 156 cm³/mol. The van der Waals surface area contributed by atoms with E-state index in [2.05, 4.69) is 5.32 Å². The summed E-state index contributed by atoms with van der Waals surface area (Å²) in [6, 6.07) is 17.1. The third-order valence-corrected chi connectivity index (χ3v) is 7.09. The number of aliphatic hydroxyl groups is 2. The molecule has 0 aliphatic heterocycles. The van der Waals surface area contributed by atoms with Gasteiger partial charge in [0.15, 0.2) is 0 Å². The Balaban J connectivity index is 1.91. The number of halogens is 2. The Hall–Kier alpha value is -4.54. The number of carboxylic acid groups (broad SMARTS) is 1. The summed E-state index contributed by atoms with van der Waals surface area (Å²) in [7, 11) is 0. The van der Waals surface area contributed by atoms with Crippen molar-refractivity contribution in [2.45, 2.75) is 57.8 Å². The molecule has 1 amide bonds. The SMILES string of the molecule is CC(C)n1c(CC[C@@H](O)C[C@@H](O)CC(=O)[O-])c(-c2ccc(F)cc2)c(-c2ccc(F)cc2)c1C(=O)Nc1ccc(O)cc1. The molecule has 4 aromatic rings. The molecule has 10 heteroatoms. The van der Waals surface area contributed by atoms with E-state index in [0.717, 1.165) is 0 Å². The van der Waals surface area contributed by atoms with E-state index in [4.69, 9.17) is 0 Å². The lowest BCUT2D eigenvalue weighted by atomic mass is 9.92. The number of aliphatic carboxylic acids is 1. The van der Waals surface area contributed by atoms with Crippen molar-refractivity contribution in [3.8, 4) is 28.0 Å². The highest BCUT2D eigenvalue weighted by atomic mass is 19.1. The van der Waals surface area contributed by atoms with Gasteiger partial charge in [-0.2, -0.15) is 0 Å². The van der Waals surface area contributed by atoms with E-state index in [9.17, 15) is 38.8 Å². The number of hydrogen-bond donors (Lipinski definition) is 4. The molecule has 0 fully saturated rings. The molecule has 2 atom stereocenters. The van der Waals surface area contributed by atoms with Gasteiger partial charge in [0.1, 0.15) is 23.1 Å². The van der Waals surface area contributed by atoms with Gasteiger partial charge in [0.25, 0.3) is 5.91 Å². The Labute approximate surface area is 247 Å². The van der Waals surface area contributed by atoms with E-state index >= 15 is 0 Å². The predicted octanol–water partition coefficient (Wildman–Crippen LogP) is 4.82. The monoisotopic (exact) mass is 591 g/mol. The number of benzene rings is 3. The second kappa shape index (κ2) is 13.6. The first kappa shape index (κ1) is 31.4. The van der Waals surface area contributed by atoms with Gasteiger partial charge in [-0.25, -0.2) is 8.78 Å². The number of aromatic nitrogens is 1. The molecule has 43 heavy (non-hydrogen) atoms. The number of carboxylic acids is 1. The molecule has 4 rings (SSSR count). The smallest absolute Gasteiger partial charge is 0.272 e. The maximum atomic E-state index is 14.1. The summed E-state index contributed by atoms with van der Waals surface area (Å²) < 4.78 is 29.9. The van der Waals surface area contributed by atoms with Gasteiger partial charge in [0.05, 0.1) is 12.2 Å². The summed E-state index contributed by atoms with van der Waals surface area (Å²) >= 11 is 0. The van der Waals surface area contributed by atoms with E-state index in [1.54, 1.807) is 36.4 Å². The van der Waals surface area contributed by atoms with E-state index in [0.29, 0.717) is 33.6 Å². The number of aliphatic hydroxyl groups excluding tert-OH is 2. The quantitative estimate of drug-likeness (QED) is 0.175. The minimum atomic E-state index is -1.43. The van der Waals surface area contributed by atoms with Crippen molar-refractivity contribution < 1.29 is 38.8 Å². The van der Waals surface area contributed by atoms with Crippen molar-refractivity contribution in [2.75, 3.05) is 5.32 Å². The first-order valence-corrected chi connectivity index (χ1v) is 13.9. The zero-order valence-electron chi connectivity index (χ0n) is 23.8. The second-order valence-electron chi connectivity index (χ2n) is 10.7. The normalized spacial score (nSPS) is 12.7. The van der Waals surface area contributed by atoms with Crippen LogP contribution in [0.2, 0.25) is 0 Å². The number of anilines is 1. The number of carbonyl (C=O) groups excluding carboxylic acids is 2. The second-order valence-corrected chi connectivity index (χ2v) is 10.7. The first-order valence-electron chi connectivity index (χ1n) is 13.9. The summed E-state index contributed by atoms with van der Waals surface area (Å²) in [6.45, 7) is 3.76. The molecule has 0 spiro atoms. The van der Waals surface area contributed by atoms with Gasteiger partial charge in [-0.05, 0) is 92.8 Å². The standard InChI is InChI=1S/C33H34F2N2O6/c1-19(2)37-28(16-15-26(39)17-27(40)18-29(41)42)30(20-3-7-22(34)8-4-20)31(21-5-9-23(35)10-6-21)32(37)33(43)36-24-11-13-25(38)14-12-24/h3-14,19,26-27,38-40H,15-18H2,1-2H3,(H,36,43)(H,41,42)/p-1/t26-,27-/m1/s1.